The average Bonchev–Trinajstić information content (AvgIpc) is 0.801. The zero-order chi connectivity index (χ0) is 79.5. The van der Waals surface area contributed by atoms with Gasteiger partial charge in [0, 0.05) is 150 Å². The summed E-state index contributed by atoms with van der Waals surface area (Å²) >= 11 is 7.40. The lowest BCUT2D eigenvalue weighted by molar-refractivity contribution is -0.00100. The average molecular weight is 1690 g/mol. The number of anilines is 4. The van der Waals surface area contributed by atoms with Gasteiger partial charge in [0.05, 0.1) is 92.2 Å². The second-order valence-electron chi connectivity index (χ2n) is 27.6. The van der Waals surface area contributed by atoms with Crippen LogP contribution in [0, 0.1) is 0 Å². The van der Waals surface area contributed by atoms with Gasteiger partial charge < -0.3 is 69.2 Å². The van der Waals surface area contributed by atoms with Gasteiger partial charge in [-0.1, -0.05) is 94.6 Å². The molecule has 1 radical (unpaired) electrons. The van der Waals surface area contributed by atoms with Crippen molar-refractivity contribution >= 4 is 126 Å². The van der Waals surface area contributed by atoms with Crippen molar-refractivity contribution in [2.24, 2.45) is 0 Å². The summed E-state index contributed by atoms with van der Waals surface area (Å²) in [6.07, 6.45) is 14.6. The normalized spacial score (nSPS) is 10.8. The molecule has 12 rings (SSSR count). The first-order valence-corrected chi connectivity index (χ1v) is 44.5. The molecule has 609 valence electrons. The van der Waals surface area contributed by atoms with Crippen LogP contribution in [0.3, 0.4) is 0 Å². The van der Waals surface area contributed by atoms with E-state index in [1.807, 2.05) is 40.7 Å². The van der Waals surface area contributed by atoms with Crippen LogP contribution in [-0.2, 0) is 0 Å². The Hall–Kier alpha value is -6.11. The first-order chi connectivity index (χ1) is 53.5. The van der Waals surface area contributed by atoms with Crippen LogP contribution < -0.4 is 109 Å². The number of rotatable bonds is 28. The number of aromatic nitrogens is 4. The minimum atomic E-state index is 0. The van der Waals surface area contributed by atoms with Crippen LogP contribution in [-0.4, -0.2) is 144 Å². The summed E-state index contributed by atoms with van der Waals surface area (Å²) in [6.45, 7) is 43.5. The molecular weight excluding hydrogens is 1560 g/mol. The highest BCUT2D eigenvalue weighted by atomic mass is 35.5. The zero-order valence-electron chi connectivity index (χ0n) is 72.4. The van der Waals surface area contributed by atoms with Gasteiger partial charge in [-0.15, -0.1) is 54.5 Å². The van der Waals surface area contributed by atoms with Crippen molar-refractivity contribution in [2.75, 3.05) is 133 Å². The number of halogens is 4. The molecule has 0 N–H and O–H groups in total. The van der Waals surface area contributed by atoms with Gasteiger partial charge >= 0.3 is 0 Å². The minimum absolute atomic E-state index is 0. The monoisotopic (exact) mass is 1690 g/mol. The van der Waals surface area contributed by atoms with E-state index in [1.165, 1.54) is 167 Å². The van der Waals surface area contributed by atoms with E-state index in [4.69, 9.17) is 22.6 Å². The zero-order valence-corrected chi connectivity index (χ0v) is 77.7. The van der Waals surface area contributed by atoms with E-state index in [2.05, 4.69) is 295 Å². The van der Waals surface area contributed by atoms with Gasteiger partial charge in [-0.2, -0.15) is 0 Å². The lowest BCUT2D eigenvalue weighted by atomic mass is 10.2. The first kappa shape index (κ1) is 96.5. The molecule has 4 aliphatic heterocycles. The number of benzene rings is 8. The Kier molecular flexibility index (Phi) is 45.8. The van der Waals surface area contributed by atoms with Gasteiger partial charge in [-0.3, -0.25) is 0 Å². The molecule has 0 aromatic heterocycles. The first-order valence-electron chi connectivity index (χ1n) is 41.3. The van der Waals surface area contributed by atoms with E-state index in [0.717, 1.165) is 123 Å². The van der Waals surface area contributed by atoms with Crippen LogP contribution in [0.4, 0.5) is 22.7 Å². The highest BCUT2D eigenvalue weighted by Gasteiger charge is 2.18. The van der Waals surface area contributed by atoms with Crippen LogP contribution in [0.5, 0.6) is 0 Å². The second kappa shape index (κ2) is 53.2. The molecule has 12 nitrogen and oxygen atoms in total. The van der Waals surface area contributed by atoms with Gasteiger partial charge in [0.1, 0.15) is 53.4 Å². The maximum atomic E-state index is 6.24. The van der Waals surface area contributed by atoms with Crippen molar-refractivity contribution in [3.63, 3.8) is 0 Å². The Morgan fingerprint density at radius 3 is 0.964 bits per heavy atom. The summed E-state index contributed by atoms with van der Waals surface area (Å²) in [5.41, 5.74) is 13.9. The van der Waals surface area contributed by atoms with Crippen molar-refractivity contribution < 1.29 is 49.6 Å². The Labute approximate surface area is 720 Å². The van der Waals surface area contributed by atoms with Crippen LogP contribution in [0.1, 0.15) is 160 Å². The van der Waals surface area contributed by atoms with E-state index >= 15 is 0 Å². The lowest BCUT2D eigenvalue weighted by Crippen LogP contribution is -3.00. The molecule has 0 fully saturated rings. The van der Waals surface area contributed by atoms with E-state index in [-0.39, 0.29) is 49.6 Å². The third-order valence-corrected chi connectivity index (χ3v) is 23.6. The van der Waals surface area contributed by atoms with Crippen LogP contribution in [0.25, 0.3) is 83.2 Å². The van der Waals surface area contributed by atoms with Crippen molar-refractivity contribution in [1.29, 1.82) is 2.61 Å². The maximum Gasteiger partial charge on any atom is 0.201 e. The number of hydrogen-bond acceptors (Lipinski definition) is 12. The number of hydrogen-bond donors (Lipinski definition) is 0. The lowest BCUT2D eigenvalue weighted by Gasteiger charge is -2.25. The van der Waals surface area contributed by atoms with E-state index in [1.54, 1.807) is 18.2 Å². The van der Waals surface area contributed by atoms with E-state index in [0.29, 0.717) is 9.18 Å². The van der Waals surface area contributed by atoms with Crippen LogP contribution in [0.15, 0.2) is 146 Å². The third kappa shape index (κ3) is 28.1. The fourth-order valence-electron chi connectivity index (χ4n) is 13.3. The molecule has 4 aromatic carbocycles. The largest absolute Gasteiger partial charge is 1.00 e. The Morgan fingerprint density at radius 1 is 0.366 bits per heavy atom. The van der Waals surface area contributed by atoms with Gasteiger partial charge in [0.25, 0.3) is 0 Å². The number of unbranched alkanes of at least 4 members (excludes halogenated alkanes) is 4. The molecule has 4 heterocycles. The van der Waals surface area contributed by atoms with Gasteiger partial charge in [0.2, 0.25) is 21.4 Å². The molecule has 4 aliphatic carbocycles. The summed E-state index contributed by atoms with van der Waals surface area (Å²) in [6, 6.07) is 53.3. The highest BCUT2D eigenvalue weighted by molar-refractivity contribution is 7.22. The smallest absolute Gasteiger partial charge is 0.201 e. The molecule has 0 amide bonds. The molecule has 4 aromatic rings. The maximum absolute atomic E-state index is 6.24. The molecule has 0 saturated carbocycles. The van der Waals surface area contributed by atoms with Crippen molar-refractivity contribution in [3.05, 3.63) is 167 Å². The predicted molar refractivity (Wildman–Crippen MR) is 490 cm³/mol. The molecule has 0 saturated heterocycles. The van der Waals surface area contributed by atoms with Gasteiger partial charge in [-0.25, -0.2) is 38.2 Å². The molecule has 0 spiro atoms. The molecule has 1 atom stereocenters. The van der Waals surface area contributed by atoms with Gasteiger partial charge in [-0.05, 0) is 152 Å². The molecule has 0 bridgehead atoms. The van der Waals surface area contributed by atoms with Crippen molar-refractivity contribution in [2.45, 2.75) is 167 Å². The summed E-state index contributed by atoms with van der Waals surface area (Å²) in [7, 11) is 9.82. The quantitative estimate of drug-likeness (QED) is 0.0213. The van der Waals surface area contributed by atoms with Crippen LogP contribution >= 0.6 is 54.5 Å². The van der Waals surface area contributed by atoms with E-state index in [9.17, 15) is 0 Å². The number of nitrogens with zero attached hydrogens (tertiary/aromatic N) is 12. The van der Waals surface area contributed by atoms with Crippen LogP contribution in [0.2, 0.25) is 6.82 Å². The highest BCUT2D eigenvalue weighted by Crippen LogP contribution is 2.36. The molecular formula is C90H129BCl4N12PS4. The summed E-state index contributed by atoms with van der Waals surface area (Å²) in [5.74, 6) is 0. The van der Waals surface area contributed by atoms with Gasteiger partial charge in [0.15, 0.2) is 0 Å². The Morgan fingerprint density at radius 2 is 0.661 bits per heavy atom. The third-order valence-electron chi connectivity index (χ3n) is 19.2. The molecule has 22 heteroatoms. The Bertz CT molecular complexity index is 4910. The summed E-state index contributed by atoms with van der Waals surface area (Å²) < 4.78 is 26.9. The van der Waals surface area contributed by atoms with Crippen molar-refractivity contribution in [1.82, 2.24) is 38.2 Å². The fraction of sp³-hybridized carbons (Fsp3) is 0.467. The Balaban J connectivity index is 0.000000384. The molecule has 8 aliphatic rings. The summed E-state index contributed by atoms with van der Waals surface area (Å²) in [5, 5.41) is 5.16. The SMILES string of the molecule is CCCCN(CCCC)c1ccc2nc3ccc(=[N+](CCCC)CCCC)cc-3sc2c1.CCCN(CCC)c1ccc2nc3ccc(=[N+](CCC)CCC)cc-3sc2c1.CCN(CC)c1ccc2nc3ccc(=[N+](CC)CC)cc-3sc2c1.CN(C)c1ccc2nc3ccc(=[N+](C)C)cc-3sc2c1.[3H]PC.[3H][B]C.[Cl-].[Cl-].[Cl-].[Cl-]. The summed E-state index contributed by atoms with van der Waals surface area (Å²) in [4.78, 5) is 34.1. The standard InChI is InChI=1S/C28H42N3S.C24H34N3S.C20H26N3S.C16H18N3S.CH4B.CH5P.4ClH/c1-5-9-17-30(18-10-6-2)23-13-15-25-27(21-23)32-28-22-24(14-16-26(28)29-25)31(19-11-7-3)20-12-8-4;1-5-13-26(14-6-2)19-9-11-21-23(17-19)28-24-18-20(10-12-22(24)25-21)27(15-7-3)16-8-4;1-5-22(6-2)15-9-11-17-19(13-15)24-20-14-16(23(7-3)8-4)10-12-18(20)21-17;1-18(2)11-5-7-13-15(9-11)20-16-10-12(19(3)4)6-8-14(16)17-13;2*1-2;;;;/h13-16,21-22H,5-12,17-20H2,1-4H3;9-12,17-18H,5-8,13-16H2,1-4H3;9-14H,5-8H2,1-4H3;5-10H,1-4H3;2H,1H3;2H2,1H3;4*1H/q4*+1;;;;;;/p-4/i;;;;2*2T;;;;. The molecule has 1 unspecified atom stereocenters. The minimum Gasteiger partial charge on any atom is -1.00 e. The second-order valence-corrected chi connectivity index (χ2v) is 31.9. The van der Waals surface area contributed by atoms with E-state index < -0.39 is 0 Å². The number of fused-ring (bicyclic) bond motifs is 8. The van der Waals surface area contributed by atoms with Crippen molar-refractivity contribution in [3.8, 4) is 42.3 Å². The molecule has 112 heavy (non-hydrogen) atoms. The fourth-order valence-corrected chi connectivity index (χ4v) is 17.4. The predicted octanol–water partition coefficient (Wildman–Crippen LogP) is 7.80. The topological polar surface area (TPSA) is 76.6 Å².